The van der Waals surface area contributed by atoms with Gasteiger partial charge in [-0.25, -0.2) is 4.83 Å². The molecule has 0 aliphatic rings. The standard InChI is InChI=1S/C12H18N2O2S/c1-10(12(2,3)4)13-14-17(15,16)11-8-6-5-7-9-11/h5-9,14H,1-4H3/b13-10-. The molecule has 1 N–H and O–H groups in total. The van der Waals surface area contributed by atoms with E-state index in [2.05, 4.69) is 9.93 Å². The number of hydrazone groups is 1. The predicted octanol–water partition coefficient (Wildman–Crippen LogP) is 2.39. The van der Waals surface area contributed by atoms with E-state index in [1.165, 1.54) is 12.1 Å². The number of rotatable bonds is 3. The van der Waals surface area contributed by atoms with Crippen LogP contribution in [-0.2, 0) is 10.0 Å². The molecule has 5 heteroatoms. The smallest absolute Gasteiger partial charge is 0.200 e. The van der Waals surface area contributed by atoms with Crippen molar-refractivity contribution in [1.82, 2.24) is 4.83 Å². The molecule has 0 amide bonds. The first-order valence-electron chi connectivity index (χ1n) is 5.35. The van der Waals surface area contributed by atoms with Crippen molar-refractivity contribution in [3.05, 3.63) is 30.3 Å². The number of nitrogens with zero attached hydrogens (tertiary/aromatic N) is 1. The minimum Gasteiger partial charge on any atom is -0.200 e. The van der Waals surface area contributed by atoms with Crippen molar-refractivity contribution in [3.8, 4) is 0 Å². The lowest BCUT2D eigenvalue weighted by Gasteiger charge is -2.17. The summed E-state index contributed by atoms with van der Waals surface area (Å²) in [5.41, 5.74) is 0.580. The Morgan fingerprint density at radius 3 is 2.18 bits per heavy atom. The molecule has 0 spiro atoms. The van der Waals surface area contributed by atoms with Crippen LogP contribution in [0.4, 0.5) is 0 Å². The Balaban J connectivity index is 2.90. The van der Waals surface area contributed by atoms with Gasteiger partial charge in [-0.2, -0.15) is 13.5 Å². The second-order valence-electron chi connectivity index (χ2n) is 4.85. The molecule has 0 unspecified atom stereocenters. The SMILES string of the molecule is C/C(=N/NS(=O)(=O)c1ccccc1)C(C)(C)C. The molecule has 0 fully saturated rings. The third kappa shape index (κ3) is 3.85. The second-order valence-corrected chi connectivity index (χ2v) is 6.52. The molecule has 0 saturated carbocycles. The van der Waals surface area contributed by atoms with Gasteiger partial charge in [-0.1, -0.05) is 39.0 Å². The molecule has 1 rings (SSSR count). The lowest BCUT2D eigenvalue weighted by atomic mass is 9.91. The number of sulfonamides is 1. The van der Waals surface area contributed by atoms with Crippen molar-refractivity contribution in [1.29, 1.82) is 0 Å². The molecule has 0 saturated heterocycles. The third-order valence-electron chi connectivity index (χ3n) is 2.47. The molecule has 1 aromatic carbocycles. The minimum absolute atomic E-state index is 0.154. The van der Waals surface area contributed by atoms with Crippen LogP contribution in [0.2, 0.25) is 0 Å². The van der Waals surface area contributed by atoms with Crippen LogP contribution in [0.25, 0.3) is 0 Å². The van der Waals surface area contributed by atoms with Gasteiger partial charge >= 0.3 is 0 Å². The fraction of sp³-hybridized carbons (Fsp3) is 0.417. The van der Waals surface area contributed by atoms with Gasteiger partial charge in [-0.15, -0.1) is 0 Å². The zero-order valence-corrected chi connectivity index (χ0v) is 11.4. The molecule has 0 radical (unpaired) electrons. The van der Waals surface area contributed by atoms with Crippen LogP contribution in [0, 0.1) is 5.41 Å². The highest BCUT2D eigenvalue weighted by molar-refractivity contribution is 7.89. The van der Waals surface area contributed by atoms with Gasteiger partial charge in [0.05, 0.1) is 4.90 Å². The van der Waals surface area contributed by atoms with Crippen LogP contribution in [0.15, 0.2) is 40.3 Å². The van der Waals surface area contributed by atoms with Crippen molar-refractivity contribution in [2.75, 3.05) is 0 Å². The van der Waals surface area contributed by atoms with E-state index in [0.717, 1.165) is 5.71 Å². The lowest BCUT2D eigenvalue weighted by Crippen LogP contribution is -2.24. The van der Waals surface area contributed by atoms with Crippen LogP contribution in [0.5, 0.6) is 0 Å². The normalized spacial score (nSPS) is 13.5. The molecule has 0 heterocycles. The Morgan fingerprint density at radius 2 is 1.71 bits per heavy atom. The maximum Gasteiger partial charge on any atom is 0.276 e. The van der Waals surface area contributed by atoms with Crippen molar-refractivity contribution in [2.45, 2.75) is 32.6 Å². The molecular weight excluding hydrogens is 236 g/mol. The summed E-state index contributed by atoms with van der Waals surface area (Å²) in [6.45, 7) is 7.72. The van der Waals surface area contributed by atoms with Crippen LogP contribution < -0.4 is 4.83 Å². The maximum absolute atomic E-state index is 11.8. The Bertz CT molecular complexity index is 499. The Morgan fingerprint density at radius 1 is 1.18 bits per heavy atom. The van der Waals surface area contributed by atoms with E-state index < -0.39 is 10.0 Å². The van der Waals surface area contributed by atoms with E-state index >= 15 is 0 Å². The average Bonchev–Trinajstić information content (AvgIpc) is 2.26. The Kier molecular flexibility index (Phi) is 3.93. The fourth-order valence-corrected chi connectivity index (χ4v) is 1.83. The number of nitrogens with one attached hydrogen (secondary N) is 1. The first-order chi connectivity index (χ1) is 7.73. The summed E-state index contributed by atoms with van der Waals surface area (Å²) in [5, 5.41) is 3.92. The molecule has 0 aromatic heterocycles. The van der Waals surface area contributed by atoms with Gasteiger partial charge in [0.15, 0.2) is 0 Å². The van der Waals surface area contributed by atoms with Crippen molar-refractivity contribution in [2.24, 2.45) is 10.5 Å². The number of hydrogen-bond acceptors (Lipinski definition) is 3. The molecule has 94 valence electrons. The maximum atomic E-state index is 11.8. The summed E-state index contributed by atoms with van der Waals surface area (Å²) in [4.78, 5) is 2.46. The molecule has 0 bridgehead atoms. The van der Waals surface area contributed by atoms with Crippen molar-refractivity contribution in [3.63, 3.8) is 0 Å². The largest absolute Gasteiger partial charge is 0.276 e. The monoisotopic (exact) mass is 254 g/mol. The summed E-state index contributed by atoms with van der Waals surface area (Å²) in [6.07, 6.45) is 0. The Hall–Kier alpha value is -1.36. The predicted molar refractivity (Wildman–Crippen MR) is 69.3 cm³/mol. The van der Waals surface area contributed by atoms with E-state index in [1.54, 1.807) is 25.1 Å². The van der Waals surface area contributed by atoms with Gasteiger partial charge in [0.1, 0.15) is 0 Å². The van der Waals surface area contributed by atoms with Gasteiger partial charge in [0.25, 0.3) is 10.0 Å². The van der Waals surface area contributed by atoms with Crippen LogP contribution >= 0.6 is 0 Å². The van der Waals surface area contributed by atoms with Crippen LogP contribution in [0.1, 0.15) is 27.7 Å². The molecule has 0 atom stereocenters. The molecule has 0 aliphatic heterocycles. The molecule has 17 heavy (non-hydrogen) atoms. The van der Waals surface area contributed by atoms with E-state index in [9.17, 15) is 8.42 Å². The first-order valence-corrected chi connectivity index (χ1v) is 6.83. The molecule has 1 aromatic rings. The van der Waals surface area contributed by atoms with Gasteiger partial charge < -0.3 is 0 Å². The van der Waals surface area contributed by atoms with Crippen molar-refractivity contribution >= 4 is 15.7 Å². The number of hydrogen-bond donors (Lipinski definition) is 1. The fourth-order valence-electron chi connectivity index (χ4n) is 0.949. The van der Waals surface area contributed by atoms with Crippen LogP contribution in [-0.4, -0.2) is 14.1 Å². The van der Waals surface area contributed by atoms with E-state index in [1.807, 2.05) is 20.8 Å². The zero-order valence-electron chi connectivity index (χ0n) is 10.6. The zero-order chi connectivity index (χ0) is 13.1. The van der Waals surface area contributed by atoms with Gasteiger partial charge in [0.2, 0.25) is 0 Å². The highest BCUT2D eigenvalue weighted by atomic mass is 32.2. The summed E-state index contributed by atoms with van der Waals surface area (Å²) in [7, 11) is -3.55. The van der Waals surface area contributed by atoms with E-state index in [4.69, 9.17) is 0 Å². The second kappa shape index (κ2) is 4.87. The van der Waals surface area contributed by atoms with Gasteiger partial charge in [-0.3, -0.25) is 0 Å². The summed E-state index contributed by atoms with van der Waals surface area (Å²) < 4.78 is 23.7. The number of benzene rings is 1. The van der Waals surface area contributed by atoms with Crippen LogP contribution in [0.3, 0.4) is 0 Å². The third-order valence-corrected chi connectivity index (χ3v) is 3.70. The first kappa shape index (κ1) is 13.7. The topological polar surface area (TPSA) is 58.5 Å². The summed E-state index contributed by atoms with van der Waals surface area (Å²) in [6, 6.07) is 8.18. The summed E-state index contributed by atoms with van der Waals surface area (Å²) >= 11 is 0. The highest BCUT2D eigenvalue weighted by Gasteiger charge is 2.17. The molecule has 0 aliphatic carbocycles. The van der Waals surface area contributed by atoms with E-state index in [0.29, 0.717) is 0 Å². The van der Waals surface area contributed by atoms with Gasteiger partial charge in [0, 0.05) is 11.1 Å². The quantitative estimate of drug-likeness (QED) is 0.665. The Labute approximate surface area is 103 Å². The van der Waals surface area contributed by atoms with Crippen molar-refractivity contribution < 1.29 is 8.42 Å². The average molecular weight is 254 g/mol. The summed E-state index contributed by atoms with van der Waals surface area (Å²) in [5.74, 6) is 0. The highest BCUT2D eigenvalue weighted by Crippen LogP contribution is 2.15. The van der Waals surface area contributed by atoms with E-state index in [-0.39, 0.29) is 10.3 Å². The van der Waals surface area contributed by atoms with Gasteiger partial charge in [-0.05, 0) is 19.1 Å². The minimum atomic E-state index is -3.55. The lowest BCUT2D eigenvalue weighted by molar-refractivity contribution is 0.571. The molecule has 4 nitrogen and oxygen atoms in total. The molecular formula is C12H18N2O2S.